The number of allylic oxidation sites excluding steroid dienone is 6. The van der Waals surface area contributed by atoms with E-state index >= 15 is 0 Å². The summed E-state index contributed by atoms with van der Waals surface area (Å²) in [6.45, 7) is 10.2. The van der Waals surface area contributed by atoms with Gasteiger partial charge in [0.05, 0.1) is 0 Å². The molecule has 0 aliphatic carbocycles. The lowest BCUT2D eigenvalue weighted by Crippen LogP contribution is -1.89. The first-order chi connectivity index (χ1) is 9.40. The molecule has 0 saturated heterocycles. The van der Waals surface area contributed by atoms with Gasteiger partial charge in [-0.1, -0.05) is 54.4 Å². The van der Waals surface area contributed by atoms with Crippen molar-refractivity contribution < 1.29 is 0 Å². The summed E-state index contributed by atoms with van der Waals surface area (Å²) < 4.78 is 0. The van der Waals surface area contributed by atoms with Crippen LogP contribution in [0.1, 0.15) is 45.2 Å². The van der Waals surface area contributed by atoms with E-state index < -0.39 is 0 Å². The van der Waals surface area contributed by atoms with Crippen LogP contribution in [0.25, 0.3) is 5.57 Å². The molecular formula is C18H22Cl2. The van der Waals surface area contributed by atoms with Gasteiger partial charge in [-0.2, -0.15) is 0 Å². The van der Waals surface area contributed by atoms with Crippen LogP contribution in [-0.2, 0) is 0 Å². The van der Waals surface area contributed by atoms with Crippen LogP contribution in [0, 0.1) is 6.92 Å². The second-order valence-electron chi connectivity index (χ2n) is 4.89. The third-order valence-electron chi connectivity index (χ3n) is 3.51. The van der Waals surface area contributed by atoms with E-state index in [0.29, 0.717) is 0 Å². The Kier molecular flexibility index (Phi) is 6.58. The molecule has 0 nitrogen and oxygen atoms in total. The molecular weight excluding hydrogens is 287 g/mol. The fraction of sp³-hybridized carbons (Fsp3) is 0.333. The normalized spacial score (nSPS) is 14.3. The highest BCUT2D eigenvalue weighted by Gasteiger charge is 2.05. The van der Waals surface area contributed by atoms with Crippen LogP contribution in [0.4, 0.5) is 0 Å². The van der Waals surface area contributed by atoms with Crippen LogP contribution < -0.4 is 0 Å². The first kappa shape index (κ1) is 17.1. The molecule has 0 fully saturated rings. The first-order valence-corrected chi connectivity index (χ1v) is 7.63. The molecule has 0 saturated carbocycles. The number of hydrogen-bond acceptors (Lipinski definition) is 0. The lowest BCUT2D eigenvalue weighted by Gasteiger charge is -2.10. The van der Waals surface area contributed by atoms with Crippen molar-refractivity contribution in [2.45, 2.75) is 41.0 Å². The van der Waals surface area contributed by atoms with E-state index in [0.717, 1.165) is 33.2 Å². The largest absolute Gasteiger partial charge is 0.0892 e. The lowest BCUT2D eigenvalue weighted by atomic mass is 9.97. The van der Waals surface area contributed by atoms with Crippen LogP contribution in [-0.4, -0.2) is 0 Å². The molecule has 0 bridgehead atoms. The van der Waals surface area contributed by atoms with Crippen molar-refractivity contribution in [3.8, 4) is 0 Å². The van der Waals surface area contributed by atoms with E-state index in [-0.39, 0.29) is 0 Å². The van der Waals surface area contributed by atoms with Gasteiger partial charge in [0, 0.05) is 10.1 Å². The number of halogens is 2. The zero-order valence-corrected chi connectivity index (χ0v) is 14.4. The Balaban J connectivity index is 3.27. The fourth-order valence-corrected chi connectivity index (χ4v) is 2.27. The van der Waals surface area contributed by atoms with Crippen molar-refractivity contribution in [3.05, 3.63) is 62.7 Å². The van der Waals surface area contributed by atoms with Crippen LogP contribution in [0.2, 0.25) is 5.02 Å². The minimum absolute atomic E-state index is 0.810. The molecule has 0 N–H and O–H groups in total. The Bertz CT molecular complexity index is 571. The Hall–Kier alpha value is -0.980. The molecule has 108 valence electrons. The van der Waals surface area contributed by atoms with Gasteiger partial charge in [0.15, 0.2) is 0 Å². The van der Waals surface area contributed by atoms with Gasteiger partial charge in [-0.15, -0.1) is 0 Å². The van der Waals surface area contributed by atoms with E-state index in [2.05, 4.69) is 31.2 Å². The summed E-state index contributed by atoms with van der Waals surface area (Å²) in [7, 11) is 0. The number of benzene rings is 1. The predicted octanol–water partition coefficient (Wildman–Crippen LogP) is 6.92. The van der Waals surface area contributed by atoms with E-state index in [1.807, 2.05) is 33.8 Å². The van der Waals surface area contributed by atoms with Gasteiger partial charge in [0.25, 0.3) is 0 Å². The highest BCUT2D eigenvalue weighted by atomic mass is 35.5. The van der Waals surface area contributed by atoms with Crippen molar-refractivity contribution in [1.82, 2.24) is 0 Å². The van der Waals surface area contributed by atoms with Crippen molar-refractivity contribution in [2.75, 3.05) is 0 Å². The predicted molar refractivity (Wildman–Crippen MR) is 92.4 cm³/mol. The summed E-state index contributed by atoms with van der Waals surface area (Å²) in [6.07, 6.45) is 5.24. The summed E-state index contributed by atoms with van der Waals surface area (Å²) >= 11 is 12.3. The fourth-order valence-electron chi connectivity index (χ4n) is 1.98. The van der Waals surface area contributed by atoms with E-state index in [4.69, 9.17) is 23.2 Å². The van der Waals surface area contributed by atoms with Crippen molar-refractivity contribution in [2.24, 2.45) is 0 Å². The van der Waals surface area contributed by atoms with Crippen LogP contribution in [0.3, 0.4) is 0 Å². The van der Waals surface area contributed by atoms with E-state index in [9.17, 15) is 0 Å². The Morgan fingerprint density at radius 2 is 1.90 bits per heavy atom. The Labute approximate surface area is 132 Å². The average molecular weight is 309 g/mol. The molecule has 0 spiro atoms. The minimum Gasteiger partial charge on any atom is -0.0892 e. The van der Waals surface area contributed by atoms with E-state index in [1.165, 1.54) is 11.1 Å². The van der Waals surface area contributed by atoms with Gasteiger partial charge in [-0.05, 0) is 68.0 Å². The monoisotopic (exact) mass is 308 g/mol. The summed E-state index contributed by atoms with van der Waals surface area (Å²) in [4.78, 5) is 0. The van der Waals surface area contributed by atoms with Gasteiger partial charge < -0.3 is 0 Å². The van der Waals surface area contributed by atoms with Crippen molar-refractivity contribution >= 4 is 28.8 Å². The molecule has 1 rings (SSSR count). The molecule has 20 heavy (non-hydrogen) atoms. The molecule has 0 aromatic heterocycles. The summed E-state index contributed by atoms with van der Waals surface area (Å²) in [5.41, 5.74) is 5.80. The lowest BCUT2D eigenvalue weighted by molar-refractivity contribution is 1.23. The SMILES string of the molecule is C/C=C(/C=C(\CC)c1ccc(C)c(Cl)c1)C(\C)=C(/C)Cl. The first-order valence-electron chi connectivity index (χ1n) is 6.87. The minimum atomic E-state index is 0.810. The van der Waals surface area contributed by atoms with Gasteiger partial charge in [-0.25, -0.2) is 0 Å². The second kappa shape index (κ2) is 7.71. The Morgan fingerprint density at radius 3 is 2.35 bits per heavy atom. The van der Waals surface area contributed by atoms with Gasteiger partial charge >= 0.3 is 0 Å². The maximum Gasteiger partial charge on any atom is 0.0441 e. The highest BCUT2D eigenvalue weighted by molar-refractivity contribution is 6.31. The molecule has 0 amide bonds. The van der Waals surface area contributed by atoms with Crippen LogP contribution >= 0.6 is 23.2 Å². The zero-order chi connectivity index (χ0) is 15.3. The van der Waals surface area contributed by atoms with Crippen LogP contribution in [0.15, 0.2) is 46.5 Å². The Morgan fingerprint density at radius 1 is 1.25 bits per heavy atom. The molecule has 0 aliphatic rings. The quantitative estimate of drug-likeness (QED) is 0.529. The number of aryl methyl sites for hydroxylation is 1. The van der Waals surface area contributed by atoms with Crippen molar-refractivity contribution in [1.29, 1.82) is 0 Å². The molecule has 1 aromatic carbocycles. The second-order valence-corrected chi connectivity index (χ2v) is 5.86. The van der Waals surface area contributed by atoms with Crippen molar-refractivity contribution in [3.63, 3.8) is 0 Å². The standard InChI is InChI=1S/C18H22Cl2/c1-6-15(13(4)14(5)19)10-16(7-2)17-9-8-12(3)18(20)11-17/h6,8-11H,7H2,1-5H3/b14-13+,15-6-,16-10+. The number of rotatable bonds is 4. The topological polar surface area (TPSA) is 0 Å². The molecule has 0 radical (unpaired) electrons. The van der Waals surface area contributed by atoms with Gasteiger partial charge in [0.1, 0.15) is 0 Å². The molecule has 0 unspecified atom stereocenters. The molecule has 2 heteroatoms. The molecule has 0 atom stereocenters. The maximum absolute atomic E-state index is 6.23. The third kappa shape index (κ3) is 4.26. The highest BCUT2D eigenvalue weighted by Crippen LogP contribution is 2.27. The number of hydrogen-bond donors (Lipinski definition) is 0. The summed E-state index contributed by atoms with van der Waals surface area (Å²) in [5.74, 6) is 0. The average Bonchev–Trinajstić information content (AvgIpc) is 2.42. The maximum atomic E-state index is 6.23. The smallest absolute Gasteiger partial charge is 0.0441 e. The molecule has 0 heterocycles. The molecule has 0 aliphatic heterocycles. The third-order valence-corrected chi connectivity index (χ3v) is 4.20. The molecule has 1 aromatic rings. The zero-order valence-electron chi connectivity index (χ0n) is 12.8. The van der Waals surface area contributed by atoms with Gasteiger partial charge in [0.2, 0.25) is 0 Å². The van der Waals surface area contributed by atoms with E-state index in [1.54, 1.807) is 0 Å². The summed E-state index contributed by atoms with van der Waals surface area (Å²) in [5, 5.41) is 1.64. The summed E-state index contributed by atoms with van der Waals surface area (Å²) in [6, 6.07) is 6.22. The van der Waals surface area contributed by atoms with Crippen LogP contribution in [0.5, 0.6) is 0 Å². The van der Waals surface area contributed by atoms with Gasteiger partial charge in [-0.3, -0.25) is 0 Å².